The summed E-state index contributed by atoms with van der Waals surface area (Å²) in [5, 5.41) is 22.2. The van der Waals surface area contributed by atoms with Crippen LogP contribution < -0.4 is 0 Å². The number of aliphatic hydroxyl groups excluding tert-OH is 2. The van der Waals surface area contributed by atoms with Gasteiger partial charge in [0.2, 0.25) is 0 Å². The minimum Gasteiger partial charge on any atom is -0.390 e. The third-order valence-corrected chi connectivity index (χ3v) is 8.89. The van der Waals surface area contributed by atoms with Gasteiger partial charge in [0.25, 0.3) is 0 Å². The normalized spacial score (nSPS) is 22.4. The fraction of sp³-hybridized carbons (Fsp3) is 0.314. The Kier molecular flexibility index (Phi) is 11.9. The van der Waals surface area contributed by atoms with Crippen LogP contribution in [0.2, 0.25) is 0 Å². The second kappa shape index (κ2) is 16.2. The van der Waals surface area contributed by atoms with Crippen LogP contribution in [0, 0.1) is 0 Å². The zero-order valence-electron chi connectivity index (χ0n) is 24.5. The van der Waals surface area contributed by atoms with Gasteiger partial charge in [-0.1, -0.05) is 121 Å². The zero-order valence-corrected chi connectivity index (χ0v) is 25.4. The summed E-state index contributed by atoms with van der Waals surface area (Å²) in [4.78, 5) is 0. The quantitative estimate of drug-likeness (QED) is 0.120. The van der Waals surface area contributed by atoms with Crippen molar-refractivity contribution in [3.05, 3.63) is 144 Å². The molecule has 1 aliphatic carbocycles. The van der Waals surface area contributed by atoms with E-state index in [1.807, 2.05) is 121 Å². The summed E-state index contributed by atoms with van der Waals surface area (Å²) in [6, 6.07) is 37.9. The molecule has 1 fully saturated rings. The van der Waals surface area contributed by atoms with E-state index in [4.69, 9.17) is 23.0 Å². The molecule has 5 atom stereocenters. The first kappa shape index (κ1) is 32.2. The third kappa shape index (κ3) is 9.66. The lowest BCUT2D eigenvalue weighted by Crippen LogP contribution is -2.38. The van der Waals surface area contributed by atoms with Crippen LogP contribution in [0.5, 0.6) is 0 Å². The Morgan fingerprint density at radius 3 is 1.34 bits per heavy atom. The molecule has 0 unspecified atom stereocenters. The van der Waals surface area contributed by atoms with Crippen molar-refractivity contribution in [1.82, 2.24) is 0 Å². The Bertz CT molecular complexity index is 1380. The van der Waals surface area contributed by atoms with Crippen molar-refractivity contribution in [2.24, 2.45) is 0 Å². The van der Waals surface area contributed by atoms with E-state index in [2.05, 4.69) is 0 Å². The molecule has 5 rings (SSSR count). The molecule has 4 aromatic carbocycles. The molecule has 0 heterocycles. The summed E-state index contributed by atoms with van der Waals surface area (Å²) in [7, 11) is -4.21. The minimum atomic E-state index is -4.21. The summed E-state index contributed by atoms with van der Waals surface area (Å²) >= 11 is 0. The van der Waals surface area contributed by atoms with Crippen molar-refractivity contribution in [2.45, 2.75) is 69.8 Å². The number of phosphoric acid groups is 1. The maximum atomic E-state index is 14.2. The molecule has 0 bridgehead atoms. The minimum absolute atomic E-state index is 0.0108. The van der Waals surface area contributed by atoms with Crippen LogP contribution in [-0.2, 0) is 54.0 Å². The number of aliphatic hydroxyl groups is 2. The van der Waals surface area contributed by atoms with E-state index in [0.717, 1.165) is 22.3 Å². The Hall–Kier alpha value is -3.17. The Morgan fingerprint density at radius 2 is 0.909 bits per heavy atom. The topological polar surface area (TPSA) is 104 Å². The summed E-state index contributed by atoms with van der Waals surface area (Å²) in [5.41, 5.74) is 3.45. The van der Waals surface area contributed by atoms with Gasteiger partial charge >= 0.3 is 7.82 Å². The first-order valence-corrected chi connectivity index (χ1v) is 16.3. The Morgan fingerprint density at radius 1 is 0.523 bits per heavy atom. The average Bonchev–Trinajstić information content (AvgIpc) is 3.18. The predicted molar refractivity (Wildman–Crippen MR) is 166 cm³/mol. The molecule has 0 amide bonds. The van der Waals surface area contributed by atoms with Crippen molar-refractivity contribution >= 4 is 7.82 Å². The average molecular weight is 619 g/mol. The van der Waals surface area contributed by atoms with Crippen molar-refractivity contribution in [3.63, 3.8) is 0 Å². The first-order chi connectivity index (χ1) is 21.5. The third-order valence-electron chi connectivity index (χ3n) is 7.47. The van der Waals surface area contributed by atoms with Crippen molar-refractivity contribution in [2.75, 3.05) is 0 Å². The highest BCUT2D eigenvalue weighted by molar-refractivity contribution is 7.48. The van der Waals surface area contributed by atoms with Crippen LogP contribution >= 0.6 is 7.82 Å². The number of phosphoric ester groups is 1. The van der Waals surface area contributed by atoms with E-state index in [9.17, 15) is 14.8 Å². The van der Waals surface area contributed by atoms with Gasteiger partial charge in [-0.25, -0.2) is 4.57 Å². The fourth-order valence-electron chi connectivity index (χ4n) is 5.02. The highest BCUT2D eigenvalue weighted by Gasteiger charge is 2.44. The van der Waals surface area contributed by atoms with Crippen LogP contribution in [0.1, 0.15) is 35.1 Å². The first-order valence-electron chi connectivity index (χ1n) is 14.8. The second-order valence-corrected chi connectivity index (χ2v) is 12.4. The molecule has 4 aromatic rings. The zero-order chi connectivity index (χ0) is 30.6. The lowest BCUT2D eigenvalue weighted by Gasteiger charge is -2.30. The highest BCUT2D eigenvalue weighted by atomic mass is 31.2. The summed E-state index contributed by atoms with van der Waals surface area (Å²) < 4.78 is 44.6. The van der Waals surface area contributed by atoms with E-state index in [-0.39, 0.29) is 39.3 Å². The number of benzene rings is 4. The molecule has 2 N–H and O–H groups in total. The second-order valence-electron chi connectivity index (χ2n) is 10.8. The molecule has 9 heteroatoms. The maximum Gasteiger partial charge on any atom is 0.475 e. The molecule has 1 aliphatic rings. The number of hydrogen-bond donors (Lipinski definition) is 2. The molecular formula is C35H39O8P. The molecule has 0 aliphatic heterocycles. The Balaban J connectivity index is 1.37. The lowest BCUT2D eigenvalue weighted by molar-refractivity contribution is -0.103. The predicted octanol–water partition coefficient (Wildman–Crippen LogP) is 6.60. The van der Waals surface area contributed by atoms with Crippen molar-refractivity contribution in [1.29, 1.82) is 0 Å². The van der Waals surface area contributed by atoms with E-state index in [1.54, 1.807) is 0 Å². The highest BCUT2D eigenvalue weighted by Crippen LogP contribution is 2.53. The van der Waals surface area contributed by atoms with Gasteiger partial charge in [0, 0.05) is 12.8 Å². The molecule has 0 spiro atoms. The molecule has 8 nitrogen and oxygen atoms in total. The summed E-state index contributed by atoms with van der Waals surface area (Å²) in [6.07, 6.45) is -4.76. The van der Waals surface area contributed by atoms with Crippen molar-refractivity contribution < 1.29 is 37.8 Å². The van der Waals surface area contributed by atoms with Gasteiger partial charge in [-0.3, -0.25) is 13.6 Å². The van der Waals surface area contributed by atoms with Gasteiger partial charge in [0.15, 0.2) is 0 Å². The monoisotopic (exact) mass is 618 g/mol. The standard InChI is InChI=1S/C35H39O8P/c36-31-21-33(43-44(38,41-25-29-17-9-3-10-18-29)42-26-30-19-11-4-12-20-30)32(39-23-27-13-5-1-6-14-27)22-34(35(31)37)40-24-28-15-7-2-8-16-28/h1-20,31-37H,21-26H2/t31-,32+,33+,34-,35-/m1/s1. The molecule has 0 aromatic heterocycles. The molecule has 0 radical (unpaired) electrons. The van der Waals surface area contributed by atoms with Gasteiger partial charge in [-0.2, -0.15) is 0 Å². The van der Waals surface area contributed by atoms with Crippen LogP contribution in [-0.4, -0.2) is 40.7 Å². The number of hydrogen-bond acceptors (Lipinski definition) is 8. The van der Waals surface area contributed by atoms with Crippen LogP contribution in [0.3, 0.4) is 0 Å². The van der Waals surface area contributed by atoms with Crippen LogP contribution in [0.4, 0.5) is 0 Å². The van der Waals surface area contributed by atoms with E-state index in [0.29, 0.717) is 0 Å². The maximum absolute atomic E-state index is 14.2. The van der Waals surface area contributed by atoms with Gasteiger partial charge in [-0.15, -0.1) is 0 Å². The van der Waals surface area contributed by atoms with Gasteiger partial charge in [0.1, 0.15) is 6.10 Å². The largest absolute Gasteiger partial charge is 0.475 e. The van der Waals surface area contributed by atoms with Crippen molar-refractivity contribution in [3.8, 4) is 0 Å². The molecule has 1 saturated carbocycles. The fourth-order valence-corrected chi connectivity index (χ4v) is 6.39. The van der Waals surface area contributed by atoms with Crippen LogP contribution in [0.15, 0.2) is 121 Å². The summed E-state index contributed by atoms with van der Waals surface area (Å²) in [5.74, 6) is 0. The van der Waals surface area contributed by atoms with E-state index < -0.39 is 38.3 Å². The van der Waals surface area contributed by atoms with Crippen LogP contribution in [0.25, 0.3) is 0 Å². The molecule has 44 heavy (non-hydrogen) atoms. The molecule has 0 saturated heterocycles. The smallest absolute Gasteiger partial charge is 0.390 e. The molecule has 232 valence electrons. The Labute approximate surface area is 258 Å². The van der Waals surface area contributed by atoms with Gasteiger partial charge < -0.3 is 19.7 Å². The lowest BCUT2D eigenvalue weighted by atomic mass is 10.1. The van der Waals surface area contributed by atoms with E-state index >= 15 is 0 Å². The molecular weight excluding hydrogens is 579 g/mol. The van der Waals surface area contributed by atoms with E-state index in [1.165, 1.54) is 0 Å². The van der Waals surface area contributed by atoms with Gasteiger partial charge in [-0.05, 0) is 22.3 Å². The summed E-state index contributed by atoms with van der Waals surface area (Å²) in [6.45, 7) is 0.459. The number of ether oxygens (including phenoxy) is 2. The SMILES string of the molecule is O=P(OCc1ccccc1)(OCc1ccccc1)O[C@H]1C[C@@H](O)[C@@H](O)[C@H](OCc2ccccc2)C[C@@H]1OCc1ccccc1. The number of rotatable bonds is 14. The van der Waals surface area contributed by atoms with Gasteiger partial charge in [0.05, 0.1) is 50.8 Å².